The molecule has 2 aliphatic rings. The average Bonchev–Trinajstić information content (AvgIpc) is 3.42. The first-order chi connectivity index (χ1) is 16.4. The standard InChI is InChI=1S/C23H27BrN6O3S/c1-13(31)22(32)29-6-2-14(3-7-29)4-8-30-21-19(20(25)26-12-27-21)28-23(30)34-18-11-17-15(5-9-33-17)10-16(18)24/h10-14,31H,2-9H2,1H3,(H2,25,26,27)/t13-/m0/s1. The first-order valence-electron chi connectivity index (χ1n) is 11.5. The Hall–Kier alpha value is -2.37. The summed E-state index contributed by atoms with van der Waals surface area (Å²) in [5, 5.41) is 10.4. The van der Waals surface area contributed by atoms with Crippen molar-refractivity contribution in [2.45, 2.75) is 55.3 Å². The Morgan fingerprint density at radius 1 is 1.35 bits per heavy atom. The van der Waals surface area contributed by atoms with E-state index in [0.29, 0.717) is 36.9 Å². The van der Waals surface area contributed by atoms with Crippen LogP contribution in [0.3, 0.4) is 0 Å². The monoisotopic (exact) mass is 546 g/mol. The third-order valence-corrected chi connectivity index (χ3v) is 8.49. The van der Waals surface area contributed by atoms with Crippen LogP contribution >= 0.6 is 27.7 Å². The van der Waals surface area contributed by atoms with Crippen molar-refractivity contribution >= 4 is 50.6 Å². The number of imidazole rings is 1. The van der Waals surface area contributed by atoms with Crippen LogP contribution in [0.25, 0.3) is 11.2 Å². The molecule has 11 heteroatoms. The van der Waals surface area contributed by atoms with Crippen molar-refractivity contribution in [3.05, 3.63) is 28.5 Å². The fourth-order valence-electron chi connectivity index (χ4n) is 4.58. The third kappa shape index (κ3) is 4.60. The van der Waals surface area contributed by atoms with Crippen molar-refractivity contribution < 1.29 is 14.6 Å². The van der Waals surface area contributed by atoms with E-state index >= 15 is 0 Å². The lowest BCUT2D eigenvalue weighted by molar-refractivity contribution is -0.140. The summed E-state index contributed by atoms with van der Waals surface area (Å²) >= 11 is 5.26. The van der Waals surface area contributed by atoms with E-state index in [9.17, 15) is 9.90 Å². The maximum atomic E-state index is 12.1. The van der Waals surface area contributed by atoms with E-state index in [1.54, 1.807) is 16.7 Å². The number of carbonyl (C=O) groups is 1. The summed E-state index contributed by atoms with van der Waals surface area (Å²) < 4.78 is 8.89. The van der Waals surface area contributed by atoms with Gasteiger partial charge >= 0.3 is 0 Å². The predicted molar refractivity (Wildman–Crippen MR) is 133 cm³/mol. The van der Waals surface area contributed by atoms with Crippen LogP contribution in [0.1, 0.15) is 31.7 Å². The molecule has 2 aromatic heterocycles. The Labute approximate surface area is 210 Å². The molecule has 1 aromatic carbocycles. The molecular formula is C23H27BrN6O3S. The number of likely N-dealkylation sites (tertiary alicyclic amines) is 1. The molecule has 1 saturated heterocycles. The Morgan fingerprint density at radius 2 is 2.15 bits per heavy atom. The molecule has 5 rings (SSSR count). The smallest absolute Gasteiger partial charge is 0.251 e. The maximum Gasteiger partial charge on any atom is 0.251 e. The summed E-state index contributed by atoms with van der Waals surface area (Å²) in [6.45, 7) is 4.33. The van der Waals surface area contributed by atoms with Gasteiger partial charge < -0.3 is 25.0 Å². The lowest BCUT2D eigenvalue weighted by Gasteiger charge is -2.32. The molecule has 1 atom stereocenters. The summed E-state index contributed by atoms with van der Waals surface area (Å²) in [7, 11) is 0. The number of nitrogens with zero attached hydrogens (tertiary/aromatic N) is 5. The van der Waals surface area contributed by atoms with Gasteiger partial charge in [0, 0.05) is 35.4 Å². The van der Waals surface area contributed by atoms with Crippen molar-refractivity contribution in [2.75, 3.05) is 25.4 Å². The maximum absolute atomic E-state index is 12.1. The van der Waals surface area contributed by atoms with Crippen molar-refractivity contribution in [1.82, 2.24) is 24.4 Å². The molecule has 0 spiro atoms. The minimum Gasteiger partial charge on any atom is -0.493 e. The molecule has 9 nitrogen and oxygen atoms in total. The van der Waals surface area contributed by atoms with Crippen molar-refractivity contribution in [2.24, 2.45) is 5.92 Å². The molecule has 3 N–H and O–H groups in total. The molecule has 180 valence electrons. The van der Waals surface area contributed by atoms with Crippen LogP contribution in [0.5, 0.6) is 5.75 Å². The summed E-state index contributed by atoms with van der Waals surface area (Å²) in [5.74, 6) is 1.58. The minimum absolute atomic E-state index is 0.186. The molecule has 4 heterocycles. The number of amides is 1. The van der Waals surface area contributed by atoms with E-state index in [-0.39, 0.29) is 5.91 Å². The zero-order valence-electron chi connectivity index (χ0n) is 18.9. The molecule has 34 heavy (non-hydrogen) atoms. The number of hydrogen-bond acceptors (Lipinski definition) is 8. The molecule has 3 aromatic rings. The normalized spacial score (nSPS) is 17.1. The molecule has 0 radical (unpaired) electrons. The second-order valence-electron chi connectivity index (χ2n) is 8.80. The van der Waals surface area contributed by atoms with Gasteiger partial charge in [0.05, 0.1) is 6.61 Å². The lowest BCUT2D eigenvalue weighted by atomic mass is 9.93. The zero-order valence-corrected chi connectivity index (χ0v) is 21.3. The number of aromatic nitrogens is 4. The Morgan fingerprint density at radius 3 is 2.91 bits per heavy atom. The molecule has 2 aliphatic heterocycles. The molecule has 0 unspecified atom stereocenters. The van der Waals surface area contributed by atoms with Crippen LogP contribution in [0.15, 0.2) is 33.0 Å². The quantitative estimate of drug-likeness (QED) is 0.483. The highest BCUT2D eigenvalue weighted by molar-refractivity contribution is 9.10. The summed E-state index contributed by atoms with van der Waals surface area (Å²) in [6, 6.07) is 4.18. The van der Waals surface area contributed by atoms with E-state index in [0.717, 1.165) is 58.1 Å². The fraction of sp³-hybridized carbons (Fsp3) is 0.478. The summed E-state index contributed by atoms with van der Waals surface area (Å²) in [5.41, 5.74) is 8.66. The molecule has 1 fully saturated rings. The number of fused-ring (bicyclic) bond motifs is 2. The minimum atomic E-state index is -0.942. The van der Waals surface area contributed by atoms with Crippen LogP contribution in [-0.2, 0) is 17.8 Å². The van der Waals surface area contributed by atoms with Crippen molar-refractivity contribution in [3.8, 4) is 5.75 Å². The molecular weight excluding hydrogens is 520 g/mol. The van der Waals surface area contributed by atoms with Gasteiger partial charge in [-0.2, -0.15) is 0 Å². The number of aryl methyl sites for hydroxylation is 1. The number of rotatable bonds is 6. The highest BCUT2D eigenvalue weighted by Crippen LogP contribution is 2.40. The number of nitrogens with two attached hydrogens (primary N) is 1. The third-order valence-electron chi connectivity index (χ3n) is 6.52. The van der Waals surface area contributed by atoms with Crippen LogP contribution in [-0.4, -0.2) is 61.2 Å². The first kappa shape index (κ1) is 23.4. The van der Waals surface area contributed by atoms with Gasteiger partial charge in [0.15, 0.2) is 22.1 Å². The molecule has 0 bridgehead atoms. The van der Waals surface area contributed by atoms with Gasteiger partial charge in [0.25, 0.3) is 5.91 Å². The van der Waals surface area contributed by atoms with Gasteiger partial charge in [-0.3, -0.25) is 4.79 Å². The summed E-state index contributed by atoms with van der Waals surface area (Å²) in [4.78, 5) is 28.2. The number of nitrogen functional groups attached to an aromatic ring is 1. The number of carbonyl (C=O) groups excluding carboxylic acids is 1. The largest absolute Gasteiger partial charge is 0.493 e. The number of halogens is 1. The number of aliphatic hydroxyl groups is 1. The number of anilines is 1. The summed E-state index contributed by atoms with van der Waals surface area (Å²) in [6.07, 6.45) is 4.22. The van der Waals surface area contributed by atoms with Crippen molar-refractivity contribution in [3.63, 3.8) is 0 Å². The number of piperidine rings is 1. The Kier molecular flexibility index (Phi) is 6.67. The highest BCUT2D eigenvalue weighted by atomic mass is 79.9. The van der Waals surface area contributed by atoms with Gasteiger partial charge in [-0.05, 0) is 65.7 Å². The molecule has 0 saturated carbocycles. The van der Waals surface area contributed by atoms with E-state index in [2.05, 4.69) is 42.6 Å². The van der Waals surface area contributed by atoms with Gasteiger partial charge in [0.2, 0.25) is 0 Å². The second-order valence-corrected chi connectivity index (χ2v) is 10.7. The SMILES string of the molecule is C[C@H](O)C(=O)N1CCC(CCn2c(Sc3cc4c(cc3Br)CCO4)nc3c(N)ncnc32)CC1. The van der Waals surface area contributed by atoms with Crippen molar-refractivity contribution in [1.29, 1.82) is 0 Å². The van der Waals surface area contributed by atoms with Crippen LogP contribution in [0.4, 0.5) is 5.82 Å². The van der Waals surface area contributed by atoms with Gasteiger partial charge in [-0.1, -0.05) is 11.8 Å². The number of hydrogen-bond donors (Lipinski definition) is 2. The number of aliphatic hydroxyl groups excluding tert-OH is 1. The highest BCUT2D eigenvalue weighted by Gasteiger charge is 2.26. The molecule has 1 amide bonds. The van der Waals surface area contributed by atoms with Gasteiger partial charge in [-0.25, -0.2) is 15.0 Å². The van der Waals surface area contributed by atoms with Gasteiger partial charge in [0.1, 0.15) is 18.2 Å². The van der Waals surface area contributed by atoms with E-state index in [4.69, 9.17) is 15.5 Å². The predicted octanol–water partition coefficient (Wildman–Crippen LogP) is 3.27. The Bertz CT molecular complexity index is 1230. The molecule has 0 aliphatic carbocycles. The lowest BCUT2D eigenvalue weighted by Crippen LogP contribution is -2.43. The fourth-order valence-corrected chi connectivity index (χ4v) is 6.16. The number of ether oxygens (including phenoxy) is 1. The van der Waals surface area contributed by atoms with E-state index in [1.807, 2.05) is 0 Å². The Balaban J connectivity index is 1.36. The van der Waals surface area contributed by atoms with E-state index in [1.165, 1.54) is 18.8 Å². The van der Waals surface area contributed by atoms with Crippen LogP contribution < -0.4 is 10.5 Å². The topological polar surface area (TPSA) is 119 Å². The van der Waals surface area contributed by atoms with Gasteiger partial charge in [-0.15, -0.1) is 0 Å². The van der Waals surface area contributed by atoms with Crippen LogP contribution in [0, 0.1) is 5.92 Å². The van der Waals surface area contributed by atoms with Crippen LogP contribution in [0.2, 0.25) is 0 Å². The average molecular weight is 547 g/mol. The number of benzene rings is 1. The first-order valence-corrected chi connectivity index (χ1v) is 13.1. The van der Waals surface area contributed by atoms with E-state index < -0.39 is 6.10 Å². The zero-order chi connectivity index (χ0) is 23.8. The second kappa shape index (κ2) is 9.71.